The largest absolute Gasteiger partial charge is 0.279 e. The monoisotopic (exact) mass is 402 g/mol. The van der Waals surface area contributed by atoms with E-state index in [1.807, 2.05) is 4.72 Å². The maximum absolute atomic E-state index is 13.2. The molecule has 11 heteroatoms. The molecule has 3 rings (SSSR count). The lowest BCUT2D eigenvalue weighted by molar-refractivity contribution is -0.116. The van der Waals surface area contributed by atoms with Crippen molar-refractivity contribution >= 4 is 37.3 Å². The second-order valence-corrected chi connectivity index (χ2v) is 9.10. The number of benzene rings is 2. The number of sulfonamides is 2. The van der Waals surface area contributed by atoms with Crippen molar-refractivity contribution in [2.24, 2.45) is 0 Å². The Balaban J connectivity index is 1.89. The van der Waals surface area contributed by atoms with Gasteiger partial charge in [0.1, 0.15) is 11.6 Å². The van der Waals surface area contributed by atoms with Crippen LogP contribution in [0.5, 0.6) is 0 Å². The fourth-order valence-electron chi connectivity index (χ4n) is 2.46. The minimum Gasteiger partial charge on any atom is -0.279 e. The highest BCUT2D eigenvalue weighted by molar-refractivity contribution is 7.94. The molecule has 7 nitrogen and oxygen atoms in total. The summed E-state index contributed by atoms with van der Waals surface area (Å²) in [6, 6.07) is 6.74. The lowest BCUT2D eigenvalue weighted by Crippen LogP contribution is -2.29. The fraction of sp³-hybridized carbons (Fsp3) is 0.133. The third-order valence-electron chi connectivity index (χ3n) is 3.57. The number of hydrogen-bond acceptors (Lipinski definition) is 5. The third kappa shape index (κ3) is 3.53. The summed E-state index contributed by atoms with van der Waals surface area (Å²) in [6.45, 7) is 0. The number of nitrogens with one attached hydrogen (secondary N) is 1. The van der Waals surface area contributed by atoms with Crippen LogP contribution in [0.4, 0.5) is 20.2 Å². The molecule has 138 valence electrons. The van der Waals surface area contributed by atoms with Crippen molar-refractivity contribution < 1.29 is 30.4 Å². The first-order chi connectivity index (χ1) is 12.1. The summed E-state index contributed by atoms with van der Waals surface area (Å²) in [5, 5.41) is 0. The standard InChI is InChI=1S/C15H12F2N2O5S2/c16-10-7-11(17)9-12(8-10)18-26(23,24)14-3-1-13(2-4-14)19-15(20)5-6-25(19,21)22/h1-4,7-9,18H,5-6H2. The minimum absolute atomic E-state index is 0.0169. The first-order valence-electron chi connectivity index (χ1n) is 7.23. The van der Waals surface area contributed by atoms with Crippen molar-refractivity contribution in [2.75, 3.05) is 14.8 Å². The van der Waals surface area contributed by atoms with Gasteiger partial charge in [-0.15, -0.1) is 0 Å². The first kappa shape index (κ1) is 18.3. The fourth-order valence-corrected chi connectivity index (χ4v) is 4.96. The molecule has 0 bridgehead atoms. The van der Waals surface area contributed by atoms with Crippen LogP contribution in [-0.4, -0.2) is 28.5 Å². The van der Waals surface area contributed by atoms with Gasteiger partial charge in [-0.3, -0.25) is 9.52 Å². The zero-order chi connectivity index (χ0) is 19.1. The number of amides is 1. The number of halogens is 2. The van der Waals surface area contributed by atoms with Crippen molar-refractivity contribution in [3.8, 4) is 0 Å². The summed E-state index contributed by atoms with van der Waals surface area (Å²) in [4.78, 5) is 11.5. The zero-order valence-electron chi connectivity index (χ0n) is 13.0. The van der Waals surface area contributed by atoms with E-state index in [2.05, 4.69) is 0 Å². The van der Waals surface area contributed by atoms with Crippen LogP contribution in [-0.2, 0) is 24.8 Å². The number of nitrogens with zero attached hydrogens (tertiary/aromatic N) is 1. The molecule has 0 aromatic heterocycles. The Labute approximate surface area is 148 Å². The summed E-state index contributed by atoms with van der Waals surface area (Å²) >= 11 is 0. The zero-order valence-corrected chi connectivity index (χ0v) is 14.6. The second kappa shape index (κ2) is 6.32. The van der Waals surface area contributed by atoms with Gasteiger partial charge < -0.3 is 0 Å². The molecule has 1 aliphatic heterocycles. The molecule has 1 N–H and O–H groups in total. The van der Waals surface area contributed by atoms with Crippen LogP contribution in [0.2, 0.25) is 0 Å². The number of carbonyl (C=O) groups excluding carboxylic acids is 1. The molecule has 0 saturated carbocycles. The van der Waals surface area contributed by atoms with Crippen molar-refractivity contribution in [1.82, 2.24) is 0 Å². The molecule has 0 atom stereocenters. The van der Waals surface area contributed by atoms with Gasteiger partial charge in [0, 0.05) is 12.5 Å². The van der Waals surface area contributed by atoms with Crippen LogP contribution in [0.15, 0.2) is 47.4 Å². The molecule has 1 aliphatic rings. The van der Waals surface area contributed by atoms with E-state index in [4.69, 9.17) is 0 Å². The normalized spacial score (nSPS) is 16.7. The number of anilines is 2. The highest BCUT2D eigenvalue weighted by Gasteiger charge is 2.36. The predicted octanol–water partition coefficient (Wildman–Crippen LogP) is 1.83. The van der Waals surface area contributed by atoms with Crippen LogP contribution in [0.1, 0.15) is 6.42 Å². The molecule has 1 fully saturated rings. The van der Waals surface area contributed by atoms with Crippen molar-refractivity contribution in [2.45, 2.75) is 11.3 Å². The minimum atomic E-state index is -4.17. The molecule has 0 aliphatic carbocycles. The lowest BCUT2D eigenvalue weighted by Gasteiger charge is -2.15. The molecule has 2 aromatic rings. The van der Waals surface area contributed by atoms with Crippen LogP contribution >= 0.6 is 0 Å². The molecular weight excluding hydrogens is 390 g/mol. The van der Waals surface area contributed by atoms with Crippen LogP contribution in [0, 0.1) is 11.6 Å². The van der Waals surface area contributed by atoms with Crippen LogP contribution in [0.25, 0.3) is 0 Å². The highest BCUT2D eigenvalue weighted by atomic mass is 32.2. The maximum Gasteiger partial charge on any atom is 0.261 e. The second-order valence-electron chi connectivity index (χ2n) is 5.48. The van der Waals surface area contributed by atoms with Crippen molar-refractivity contribution in [3.63, 3.8) is 0 Å². The molecule has 26 heavy (non-hydrogen) atoms. The molecular formula is C15H12F2N2O5S2. The van der Waals surface area contributed by atoms with Crippen molar-refractivity contribution in [1.29, 1.82) is 0 Å². The predicted molar refractivity (Wildman–Crippen MR) is 89.5 cm³/mol. The number of hydrogen-bond donors (Lipinski definition) is 1. The van der Waals surface area contributed by atoms with Gasteiger partial charge in [-0.05, 0) is 36.4 Å². The molecule has 1 amide bonds. The van der Waals surface area contributed by atoms with Crippen molar-refractivity contribution in [3.05, 3.63) is 54.1 Å². The Morgan fingerprint density at radius 1 is 1.00 bits per heavy atom. The van der Waals surface area contributed by atoms with Gasteiger partial charge in [-0.1, -0.05) is 0 Å². The molecule has 0 spiro atoms. The summed E-state index contributed by atoms with van der Waals surface area (Å²) in [7, 11) is -7.93. The average molecular weight is 402 g/mol. The molecule has 2 aromatic carbocycles. The number of carbonyl (C=O) groups is 1. The Kier molecular flexibility index (Phi) is 4.44. The van der Waals surface area contributed by atoms with Gasteiger partial charge in [0.2, 0.25) is 15.9 Å². The van der Waals surface area contributed by atoms with E-state index in [1.165, 1.54) is 12.1 Å². The molecule has 1 saturated heterocycles. The van der Waals surface area contributed by atoms with Gasteiger partial charge in [0.15, 0.2) is 0 Å². The quantitative estimate of drug-likeness (QED) is 0.841. The topological polar surface area (TPSA) is 101 Å². The summed E-state index contributed by atoms with van der Waals surface area (Å²) in [5.41, 5.74) is -0.285. The van der Waals surface area contributed by atoms with E-state index in [9.17, 15) is 30.4 Å². The van der Waals surface area contributed by atoms with E-state index >= 15 is 0 Å². The summed E-state index contributed by atoms with van der Waals surface area (Å²) < 4.78 is 77.3. The van der Waals surface area contributed by atoms with Crippen LogP contribution < -0.4 is 9.03 Å². The molecule has 1 heterocycles. The van der Waals surface area contributed by atoms with E-state index < -0.39 is 37.6 Å². The molecule has 0 radical (unpaired) electrons. The van der Waals surface area contributed by atoms with Gasteiger partial charge in [0.05, 0.1) is 22.0 Å². The smallest absolute Gasteiger partial charge is 0.261 e. The first-order valence-corrected chi connectivity index (χ1v) is 10.3. The van der Waals surface area contributed by atoms with Gasteiger partial charge in [0.25, 0.3) is 10.0 Å². The summed E-state index contributed by atoms with van der Waals surface area (Å²) in [5.74, 6) is -2.81. The third-order valence-corrected chi connectivity index (χ3v) is 6.66. The summed E-state index contributed by atoms with van der Waals surface area (Å²) in [6.07, 6.45) is -0.144. The van der Waals surface area contributed by atoms with E-state index in [1.54, 1.807) is 0 Å². The average Bonchev–Trinajstić information content (AvgIpc) is 2.79. The Morgan fingerprint density at radius 2 is 1.58 bits per heavy atom. The highest BCUT2D eigenvalue weighted by Crippen LogP contribution is 2.27. The van der Waals surface area contributed by atoms with E-state index in [-0.39, 0.29) is 28.4 Å². The van der Waals surface area contributed by atoms with Gasteiger partial charge >= 0.3 is 0 Å². The van der Waals surface area contributed by atoms with E-state index in [0.717, 1.165) is 24.3 Å². The Hall–Kier alpha value is -2.53. The van der Waals surface area contributed by atoms with E-state index in [0.29, 0.717) is 10.4 Å². The van der Waals surface area contributed by atoms with Gasteiger partial charge in [-0.2, -0.15) is 0 Å². The van der Waals surface area contributed by atoms with Crippen LogP contribution in [0.3, 0.4) is 0 Å². The molecule has 0 unspecified atom stereocenters. The Morgan fingerprint density at radius 3 is 2.08 bits per heavy atom. The number of rotatable bonds is 4. The Bertz CT molecular complexity index is 1060. The lowest BCUT2D eigenvalue weighted by atomic mass is 10.3. The maximum atomic E-state index is 13.2. The van der Waals surface area contributed by atoms with Gasteiger partial charge in [-0.25, -0.2) is 29.9 Å². The SMILES string of the molecule is O=C1CCS(=O)(=O)N1c1ccc(S(=O)(=O)Nc2cc(F)cc(F)c2)cc1.